The Balaban J connectivity index is 1.93. The second-order valence-corrected chi connectivity index (χ2v) is 5.40. The number of nitrogens with zero attached hydrogens (tertiary/aromatic N) is 1. The number of carbonyl (C=O) groups is 1. The van der Waals surface area contributed by atoms with Crippen LogP contribution >= 0.6 is 0 Å². The van der Waals surface area contributed by atoms with E-state index in [0.29, 0.717) is 18.7 Å². The SMILES string of the molecule is Cc1cc(C#CCN)cc(C(=O)NCCN2CCCC2)c1. The van der Waals surface area contributed by atoms with Gasteiger partial charge in [0.15, 0.2) is 0 Å². The maximum absolute atomic E-state index is 12.2. The summed E-state index contributed by atoms with van der Waals surface area (Å²) in [7, 11) is 0. The standard InChI is InChI=1S/C17H23N3O/c1-14-11-15(5-4-6-18)13-16(12-14)17(21)19-7-10-20-8-2-3-9-20/h11-13H,2-3,6-10,18H2,1H3,(H,19,21). The molecule has 1 aromatic rings. The second kappa shape index (κ2) is 7.82. The predicted octanol–water partition coefficient (Wildman–Crippen LogP) is 1.13. The van der Waals surface area contributed by atoms with Crippen molar-refractivity contribution in [1.82, 2.24) is 10.2 Å². The van der Waals surface area contributed by atoms with E-state index in [4.69, 9.17) is 5.73 Å². The number of hydrogen-bond donors (Lipinski definition) is 2. The maximum Gasteiger partial charge on any atom is 0.251 e. The zero-order valence-corrected chi connectivity index (χ0v) is 12.6. The van der Waals surface area contributed by atoms with Gasteiger partial charge in [-0.3, -0.25) is 4.79 Å². The van der Waals surface area contributed by atoms with Crippen LogP contribution in [0.15, 0.2) is 18.2 Å². The Morgan fingerprint density at radius 3 is 2.81 bits per heavy atom. The number of aryl methyl sites for hydroxylation is 1. The highest BCUT2D eigenvalue weighted by atomic mass is 16.1. The molecule has 0 spiro atoms. The Kier molecular flexibility index (Phi) is 5.79. The summed E-state index contributed by atoms with van der Waals surface area (Å²) in [6.07, 6.45) is 2.55. The molecule has 3 N–H and O–H groups in total. The molecule has 1 aliphatic heterocycles. The summed E-state index contributed by atoms with van der Waals surface area (Å²) in [5.74, 6) is 5.76. The Bertz CT molecular complexity index is 551. The molecule has 1 saturated heterocycles. The molecule has 0 saturated carbocycles. The molecule has 0 radical (unpaired) electrons. The molecule has 4 nitrogen and oxygen atoms in total. The smallest absolute Gasteiger partial charge is 0.251 e. The molecule has 21 heavy (non-hydrogen) atoms. The summed E-state index contributed by atoms with van der Waals surface area (Å²) in [6, 6.07) is 5.67. The molecular formula is C17H23N3O. The van der Waals surface area contributed by atoms with E-state index >= 15 is 0 Å². The summed E-state index contributed by atoms with van der Waals surface area (Å²) in [5, 5.41) is 2.98. The summed E-state index contributed by atoms with van der Waals surface area (Å²) in [5.41, 5.74) is 7.91. The lowest BCUT2D eigenvalue weighted by atomic mass is 10.1. The highest BCUT2D eigenvalue weighted by Gasteiger charge is 2.12. The lowest BCUT2D eigenvalue weighted by Gasteiger charge is -2.14. The molecule has 2 rings (SSSR count). The quantitative estimate of drug-likeness (QED) is 0.815. The Morgan fingerprint density at radius 2 is 2.10 bits per heavy atom. The van der Waals surface area contributed by atoms with Gasteiger partial charge >= 0.3 is 0 Å². The van der Waals surface area contributed by atoms with Crippen molar-refractivity contribution in [1.29, 1.82) is 0 Å². The van der Waals surface area contributed by atoms with Crippen molar-refractivity contribution < 1.29 is 4.79 Å². The molecule has 1 aliphatic rings. The summed E-state index contributed by atoms with van der Waals surface area (Å²) in [4.78, 5) is 14.6. The third-order valence-corrected chi connectivity index (χ3v) is 3.59. The highest BCUT2D eigenvalue weighted by Crippen LogP contribution is 2.09. The van der Waals surface area contributed by atoms with E-state index in [1.54, 1.807) is 0 Å². The lowest BCUT2D eigenvalue weighted by Crippen LogP contribution is -2.33. The van der Waals surface area contributed by atoms with Gasteiger partial charge in [0, 0.05) is 24.2 Å². The summed E-state index contributed by atoms with van der Waals surface area (Å²) < 4.78 is 0. The van der Waals surface area contributed by atoms with E-state index < -0.39 is 0 Å². The van der Waals surface area contributed by atoms with Gasteiger partial charge in [0.1, 0.15) is 0 Å². The molecule has 4 heteroatoms. The van der Waals surface area contributed by atoms with E-state index in [1.807, 2.05) is 25.1 Å². The first-order chi connectivity index (χ1) is 10.2. The number of amides is 1. The fraction of sp³-hybridized carbons (Fsp3) is 0.471. The highest BCUT2D eigenvalue weighted by molar-refractivity contribution is 5.94. The molecule has 112 valence electrons. The van der Waals surface area contributed by atoms with Crippen molar-refractivity contribution in [3.05, 3.63) is 34.9 Å². The van der Waals surface area contributed by atoms with E-state index in [9.17, 15) is 4.79 Å². The van der Waals surface area contributed by atoms with Gasteiger partial charge in [0.2, 0.25) is 0 Å². The lowest BCUT2D eigenvalue weighted by molar-refractivity contribution is 0.0949. The van der Waals surface area contributed by atoms with E-state index in [2.05, 4.69) is 22.1 Å². The van der Waals surface area contributed by atoms with Crippen molar-refractivity contribution in [3.63, 3.8) is 0 Å². The Labute approximate surface area is 126 Å². The van der Waals surface area contributed by atoms with Gasteiger partial charge in [-0.05, 0) is 56.6 Å². The van der Waals surface area contributed by atoms with Crippen molar-refractivity contribution in [3.8, 4) is 11.8 Å². The number of hydrogen-bond acceptors (Lipinski definition) is 3. The third-order valence-electron chi connectivity index (χ3n) is 3.59. The predicted molar refractivity (Wildman–Crippen MR) is 85.1 cm³/mol. The van der Waals surface area contributed by atoms with Crippen LogP contribution in [0.3, 0.4) is 0 Å². The molecule has 0 bridgehead atoms. The van der Waals surface area contributed by atoms with Crippen LogP contribution in [-0.2, 0) is 0 Å². The van der Waals surface area contributed by atoms with E-state index in [1.165, 1.54) is 12.8 Å². The first-order valence-corrected chi connectivity index (χ1v) is 7.50. The Hall–Kier alpha value is -1.83. The molecule has 0 aliphatic carbocycles. The zero-order valence-electron chi connectivity index (χ0n) is 12.6. The van der Waals surface area contributed by atoms with Crippen LogP contribution in [0.5, 0.6) is 0 Å². The maximum atomic E-state index is 12.2. The van der Waals surface area contributed by atoms with Gasteiger partial charge in [-0.1, -0.05) is 11.8 Å². The largest absolute Gasteiger partial charge is 0.351 e. The van der Waals surface area contributed by atoms with Gasteiger partial charge in [-0.2, -0.15) is 0 Å². The van der Waals surface area contributed by atoms with Crippen molar-refractivity contribution in [2.24, 2.45) is 5.73 Å². The number of benzene rings is 1. The number of likely N-dealkylation sites (tertiary alicyclic amines) is 1. The van der Waals surface area contributed by atoms with Crippen molar-refractivity contribution in [2.45, 2.75) is 19.8 Å². The minimum atomic E-state index is -0.0336. The number of carbonyl (C=O) groups excluding carboxylic acids is 1. The molecule has 1 fully saturated rings. The average Bonchev–Trinajstić information content (AvgIpc) is 2.97. The van der Waals surface area contributed by atoms with Crippen LogP contribution in [0.1, 0.15) is 34.3 Å². The number of rotatable bonds is 4. The fourth-order valence-electron chi connectivity index (χ4n) is 2.58. The van der Waals surface area contributed by atoms with Crippen LogP contribution in [0.25, 0.3) is 0 Å². The van der Waals surface area contributed by atoms with Gasteiger partial charge in [-0.25, -0.2) is 0 Å². The normalized spacial score (nSPS) is 14.6. The van der Waals surface area contributed by atoms with Gasteiger partial charge < -0.3 is 16.0 Å². The molecular weight excluding hydrogens is 262 g/mol. The number of nitrogens with two attached hydrogens (primary N) is 1. The van der Waals surface area contributed by atoms with Crippen LogP contribution in [0.2, 0.25) is 0 Å². The Morgan fingerprint density at radius 1 is 1.33 bits per heavy atom. The second-order valence-electron chi connectivity index (χ2n) is 5.40. The van der Waals surface area contributed by atoms with Gasteiger partial charge in [-0.15, -0.1) is 0 Å². The summed E-state index contributed by atoms with van der Waals surface area (Å²) >= 11 is 0. The summed E-state index contributed by atoms with van der Waals surface area (Å²) in [6.45, 7) is 6.21. The van der Waals surface area contributed by atoms with Crippen LogP contribution in [0.4, 0.5) is 0 Å². The molecule has 0 aromatic heterocycles. The third kappa shape index (κ3) is 4.89. The molecule has 1 amide bonds. The van der Waals surface area contributed by atoms with Gasteiger partial charge in [0.25, 0.3) is 5.91 Å². The molecule has 0 atom stereocenters. The topological polar surface area (TPSA) is 58.4 Å². The molecule has 1 aromatic carbocycles. The first-order valence-electron chi connectivity index (χ1n) is 7.50. The van der Waals surface area contributed by atoms with E-state index in [0.717, 1.165) is 30.8 Å². The zero-order chi connectivity index (χ0) is 15.1. The van der Waals surface area contributed by atoms with Gasteiger partial charge in [0.05, 0.1) is 6.54 Å². The number of nitrogens with one attached hydrogen (secondary N) is 1. The van der Waals surface area contributed by atoms with Crippen LogP contribution < -0.4 is 11.1 Å². The van der Waals surface area contributed by atoms with Crippen molar-refractivity contribution >= 4 is 5.91 Å². The van der Waals surface area contributed by atoms with Crippen molar-refractivity contribution in [2.75, 3.05) is 32.7 Å². The molecule has 0 unspecified atom stereocenters. The first kappa shape index (κ1) is 15.6. The minimum absolute atomic E-state index is 0.0336. The monoisotopic (exact) mass is 285 g/mol. The van der Waals surface area contributed by atoms with Crippen LogP contribution in [-0.4, -0.2) is 43.5 Å². The average molecular weight is 285 g/mol. The fourth-order valence-corrected chi connectivity index (χ4v) is 2.58. The molecule has 1 heterocycles. The van der Waals surface area contributed by atoms with Crippen LogP contribution in [0, 0.1) is 18.8 Å². The van der Waals surface area contributed by atoms with E-state index in [-0.39, 0.29) is 5.91 Å². The minimum Gasteiger partial charge on any atom is -0.351 e.